The minimum absolute atomic E-state index is 0.0204. The third-order valence-electron chi connectivity index (χ3n) is 7.27. The molecule has 9 nitrogen and oxygen atoms in total. The van der Waals surface area contributed by atoms with Crippen LogP contribution < -0.4 is 21.3 Å². The van der Waals surface area contributed by atoms with Crippen molar-refractivity contribution in [1.82, 2.24) is 9.78 Å². The predicted octanol–water partition coefficient (Wildman–Crippen LogP) is 4.76. The van der Waals surface area contributed by atoms with E-state index in [1.807, 2.05) is 64.1 Å². The van der Waals surface area contributed by atoms with Gasteiger partial charge in [0.25, 0.3) is 11.8 Å². The highest BCUT2D eigenvalue weighted by Gasteiger charge is 2.51. The summed E-state index contributed by atoms with van der Waals surface area (Å²) >= 11 is 6.44. The molecule has 11 heteroatoms. The Balaban J connectivity index is 1.41. The zero-order valence-electron chi connectivity index (χ0n) is 23.2. The van der Waals surface area contributed by atoms with Gasteiger partial charge in [0, 0.05) is 12.1 Å². The third kappa shape index (κ3) is 6.00. The zero-order valence-corrected chi connectivity index (χ0v) is 23.9. The minimum atomic E-state index is -0.739. The molecule has 3 N–H and O–H groups in total. The molecule has 4 aromatic rings. The number of anilines is 1. The normalized spacial score (nSPS) is 15.5. The van der Waals surface area contributed by atoms with E-state index in [9.17, 15) is 9.59 Å². The van der Waals surface area contributed by atoms with Gasteiger partial charge in [0.05, 0.1) is 27.5 Å². The number of primary amides is 1. The number of nitrogens with zero attached hydrogens (tertiary/aromatic N) is 2. The second kappa shape index (κ2) is 11.0. The van der Waals surface area contributed by atoms with Crippen molar-refractivity contribution in [2.75, 3.05) is 5.32 Å². The first kappa shape index (κ1) is 28.4. The van der Waals surface area contributed by atoms with Crippen molar-refractivity contribution in [2.45, 2.75) is 45.5 Å². The molecule has 0 atom stereocenters. The van der Waals surface area contributed by atoms with Gasteiger partial charge in [-0.3, -0.25) is 9.59 Å². The maximum atomic E-state index is 13.5. The standard InChI is InChI=1S/C30H30BClN4O5/c1-29(2)30(3,4)41-31(40-29)20-13-14-24(32)23(15-20)28(38)34-26-17-25(27(33)37)35-36(26)21-11-8-12-22(16-21)39-18-19-9-6-5-7-10-19/h5-17H,18H2,1-4H3,(H2,33,37)(H,34,38). The van der Waals surface area contributed by atoms with Gasteiger partial charge in [-0.15, -0.1) is 0 Å². The number of nitrogens with two attached hydrogens (primary N) is 1. The third-order valence-corrected chi connectivity index (χ3v) is 7.60. The number of benzene rings is 3. The van der Waals surface area contributed by atoms with Crippen LogP contribution in [-0.4, -0.2) is 39.9 Å². The van der Waals surface area contributed by atoms with E-state index in [1.54, 1.807) is 36.4 Å². The summed E-state index contributed by atoms with van der Waals surface area (Å²) in [6.07, 6.45) is 0. The van der Waals surface area contributed by atoms with Crippen LogP contribution in [0.25, 0.3) is 5.69 Å². The maximum absolute atomic E-state index is 13.5. The molecule has 0 saturated carbocycles. The van der Waals surface area contributed by atoms with Gasteiger partial charge in [-0.25, -0.2) is 4.68 Å². The Morgan fingerprint density at radius 3 is 2.37 bits per heavy atom. The molecular weight excluding hydrogens is 543 g/mol. The van der Waals surface area contributed by atoms with Crippen LogP contribution in [0.15, 0.2) is 78.9 Å². The molecule has 0 spiro atoms. The van der Waals surface area contributed by atoms with E-state index in [2.05, 4.69) is 10.4 Å². The number of carbonyl (C=O) groups is 2. The molecule has 210 valence electrons. The molecule has 3 aromatic carbocycles. The molecule has 1 aliphatic rings. The summed E-state index contributed by atoms with van der Waals surface area (Å²) in [6, 6.07) is 23.3. The van der Waals surface area contributed by atoms with E-state index < -0.39 is 30.1 Å². The molecular formula is C30H30BClN4O5. The minimum Gasteiger partial charge on any atom is -0.489 e. The second-order valence-corrected chi connectivity index (χ2v) is 11.2. The summed E-state index contributed by atoms with van der Waals surface area (Å²) < 4.78 is 19.6. The van der Waals surface area contributed by atoms with Crippen molar-refractivity contribution in [2.24, 2.45) is 5.73 Å². The molecule has 1 saturated heterocycles. The molecule has 41 heavy (non-hydrogen) atoms. The lowest BCUT2D eigenvalue weighted by Gasteiger charge is -2.32. The topological polar surface area (TPSA) is 118 Å². The molecule has 0 radical (unpaired) electrons. The number of hydrogen-bond donors (Lipinski definition) is 2. The molecule has 0 bridgehead atoms. The molecule has 0 unspecified atom stereocenters. The second-order valence-electron chi connectivity index (χ2n) is 10.7. The maximum Gasteiger partial charge on any atom is 0.494 e. The van der Waals surface area contributed by atoms with E-state index in [0.717, 1.165) is 5.56 Å². The van der Waals surface area contributed by atoms with Gasteiger partial charge in [-0.05, 0) is 63.0 Å². The average molecular weight is 573 g/mol. The van der Waals surface area contributed by atoms with Crippen LogP contribution >= 0.6 is 11.6 Å². The highest BCUT2D eigenvalue weighted by molar-refractivity contribution is 6.62. The number of aromatic nitrogens is 2. The van der Waals surface area contributed by atoms with Gasteiger partial charge < -0.3 is 25.1 Å². The molecule has 0 aliphatic carbocycles. The van der Waals surface area contributed by atoms with Crippen LogP contribution in [-0.2, 0) is 15.9 Å². The monoisotopic (exact) mass is 572 g/mol. The van der Waals surface area contributed by atoms with Crippen molar-refractivity contribution < 1.29 is 23.6 Å². The Kier molecular flexibility index (Phi) is 7.65. The van der Waals surface area contributed by atoms with Gasteiger partial charge in [0.1, 0.15) is 18.2 Å². The number of halogens is 1. The van der Waals surface area contributed by atoms with Crippen molar-refractivity contribution in [3.63, 3.8) is 0 Å². The lowest BCUT2D eigenvalue weighted by atomic mass is 9.78. The summed E-state index contributed by atoms with van der Waals surface area (Å²) in [5, 5.41) is 7.37. The van der Waals surface area contributed by atoms with E-state index >= 15 is 0 Å². The summed E-state index contributed by atoms with van der Waals surface area (Å²) in [6.45, 7) is 8.19. The Hall–Kier alpha value is -4.12. The van der Waals surface area contributed by atoms with Crippen LogP contribution in [0.1, 0.15) is 54.1 Å². The van der Waals surface area contributed by atoms with E-state index in [-0.39, 0.29) is 22.1 Å². The van der Waals surface area contributed by atoms with E-state index in [4.69, 9.17) is 31.4 Å². The van der Waals surface area contributed by atoms with Gasteiger partial charge >= 0.3 is 7.12 Å². The fourth-order valence-corrected chi connectivity index (χ4v) is 4.46. The summed E-state index contributed by atoms with van der Waals surface area (Å²) in [5.74, 6) is -0.447. The quantitative estimate of drug-likeness (QED) is 0.294. The molecule has 1 fully saturated rings. The van der Waals surface area contributed by atoms with Crippen LogP contribution in [0.3, 0.4) is 0 Å². The molecule has 2 heterocycles. The SMILES string of the molecule is CC1(C)OB(c2ccc(Cl)c(C(=O)Nc3cc(C(N)=O)nn3-c3cccc(OCc4ccccc4)c3)c2)OC1(C)C. The van der Waals surface area contributed by atoms with Crippen LogP contribution in [0.4, 0.5) is 5.82 Å². The number of amides is 2. The fourth-order valence-electron chi connectivity index (χ4n) is 4.26. The average Bonchev–Trinajstić information content (AvgIpc) is 3.45. The highest BCUT2D eigenvalue weighted by Crippen LogP contribution is 2.36. The number of hydrogen-bond acceptors (Lipinski definition) is 6. The molecule has 1 aliphatic heterocycles. The van der Waals surface area contributed by atoms with Crippen molar-refractivity contribution in [3.05, 3.63) is 101 Å². The molecule has 2 amide bonds. The summed E-state index contributed by atoms with van der Waals surface area (Å²) in [5.41, 5.74) is 6.82. The first-order valence-corrected chi connectivity index (χ1v) is 13.4. The summed E-state index contributed by atoms with van der Waals surface area (Å²) in [7, 11) is -0.672. The van der Waals surface area contributed by atoms with E-state index in [1.165, 1.54) is 10.7 Å². The Bertz CT molecular complexity index is 1590. The predicted molar refractivity (Wildman–Crippen MR) is 158 cm³/mol. The van der Waals surface area contributed by atoms with Gasteiger partial charge in [0.2, 0.25) is 0 Å². The Morgan fingerprint density at radius 2 is 1.68 bits per heavy atom. The van der Waals surface area contributed by atoms with Crippen LogP contribution in [0, 0.1) is 0 Å². The largest absolute Gasteiger partial charge is 0.494 e. The number of rotatable bonds is 8. The number of carbonyl (C=O) groups excluding carboxylic acids is 2. The van der Waals surface area contributed by atoms with Gasteiger partial charge in [0.15, 0.2) is 5.69 Å². The fraction of sp³-hybridized carbons (Fsp3) is 0.233. The zero-order chi connectivity index (χ0) is 29.4. The lowest BCUT2D eigenvalue weighted by molar-refractivity contribution is 0.00578. The Morgan fingerprint density at radius 1 is 0.976 bits per heavy atom. The number of ether oxygens (including phenoxy) is 1. The summed E-state index contributed by atoms with van der Waals surface area (Å²) in [4.78, 5) is 25.5. The van der Waals surface area contributed by atoms with Crippen LogP contribution in [0.2, 0.25) is 5.02 Å². The van der Waals surface area contributed by atoms with Crippen molar-refractivity contribution in [1.29, 1.82) is 0 Å². The molecule has 5 rings (SSSR count). The first-order valence-electron chi connectivity index (χ1n) is 13.1. The Labute approximate surface area is 243 Å². The van der Waals surface area contributed by atoms with E-state index in [0.29, 0.717) is 23.5 Å². The van der Waals surface area contributed by atoms with Crippen molar-refractivity contribution >= 4 is 41.8 Å². The van der Waals surface area contributed by atoms with Crippen molar-refractivity contribution in [3.8, 4) is 11.4 Å². The molecule has 1 aromatic heterocycles. The highest BCUT2D eigenvalue weighted by atomic mass is 35.5. The van der Waals surface area contributed by atoms with Gasteiger partial charge in [-0.2, -0.15) is 5.10 Å². The van der Waals surface area contributed by atoms with Crippen LogP contribution in [0.5, 0.6) is 5.75 Å². The first-order chi connectivity index (χ1) is 19.4. The van der Waals surface area contributed by atoms with Gasteiger partial charge in [-0.1, -0.05) is 54.1 Å². The lowest BCUT2D eigenvalue weighted by Crippen LogP contribution is -2.41. The smallest absolute Gasteiger partial charge is 0.489 e. The number of nitrogens with one attached hydrogen (secondary N) is 1.